The van der Waals surface area contributed by atoms with Crippen LogP contribution in [-0.2, 0) is 11.0 Å². The first kappa shape index (κ1) is 18.1. The lowest BCUT2D eigenvalue weighted by Crippen LogP contribution is -2.43. The minimum atomic E-state index is -4.47. The molecule has 1 unspecified atom stereocenters. The second kappa shape index (κ2) is 7.53. The van der Waals surface area contributed by atoms with Gasteiger partial charge in [0.25, 0.3) is 0 Å². The van der Waals surface area contributed by atoms with E-state index < -0.39 is 11.7 Å². The molecule has 1 heterocycles. The topological polar surface area (TPSA) is 32.3 Å². The van der Waals surface area contributed by atoms with E-state index in [0.29, 0.717) is 6.04 Å². The minimum Gasteiger partial charge on any atom is -0.324 e. The largest absolute Gasteiger partial charge is 0.416 e. The number of halogens is 4. The number of carbonyl (C=O) groups is 1. The number of piperidine rings is 1. The summed E-state index contributed by atoms with van der Waals surface area (Å²) in [5.41, 5.74) is -0.835. The van der Waals surface area contributed by atoms with Gasteiger partial charge >= 0.3 is 6.18 Å². The third kappa shape index (κ3) is 4.85. The fraction of sp³-hybridized carbons (Fsp3) is 0.562. The molecular weight excluding hydrogens is 329 g/mol. The highest BCUT2D eigenvalue weighted by molar-refractivity contribution is 6.33. The summed E-state index contributed by atoms with van der Waals surface area (Å²) in [5, 5.41) is 2.60. The lowest BCUT2D eigenvalue weighted by Gasteiger charge is -2.34. The Labute approximate surface area is 138 Å². The van der Waals surface area contributed by atoms with Gasteiger partial charge in [0.1, 0.15) is 0 Å². The first-order chi connectivity index (χ1) is 10.8. The molecule has 1 N–H and O–H groups in total. The number of nitrogens with zero attached hydrogens (tertiary/aromatic N) is 1. The van der Waals surface area contributed by atoms with E-state index in [1.165, 1.54) is 0 Å². The Bertz CT molecular complexity index is 563. The standard InChI is InChI=1S/C16H20ClF3N2O/c1-2-12-5-3-4-8-22(12)10-15(23)21-14-9-11(16(18,19)20)6-7-13(14)17/h6-7,9,12H,2-5,8,10H2,1H3,(H,21,23). The SMILES string of the molecule is CCC1CCCCN1CC(=O)Nc1cc(C(F)(F)F)ccc1Cl. The van der Waals surface area contributed by atoms with Crippen LogP contribution >= 0.6 is 11.6 Å². The van der Waals surface area contributed by atoms with Crippen LogP contribution in [0.4, 0.5) is 18.9 Å². The van der Waals surface area contributed by atoms with Crippen LogP contribution in [0.2, 0.25) is 5.02 Å². The van der Waals surface area contributed by atoms with Gasteiger partial charge in [0, 0.05) is 6.04 Å². The smallest absolute Gasteiger partial charge is 0.324 e. The predicted octanol–water partition coefficient (Wildman–Crippen LogP) is 4.56. The van der Waals surface area contributed by atoms with E-state index in [-0.39, 0.29) is 23.2 Å². The Morgan fingerprint density at radius 2 is 2.13 bits per heavy atom. The fourth-order valence-corrected chi connectivity index (χ4v) is 3.07. The van der Waals surface area contributed by atoms with Crippen LogP contribution in [0.5, 0.6) is 0 Å². The number of benzene rings is 1. The fourth-order valence-electron chi connectivity index (χ4n) is 2.90. The first-order valence-corrected chi connectivity index (χ1v) is 8.09. The molecule has 1 fully saturated rings. The van der Waals surface area contributed by atoms with Gasteiger partial charge in [-0.3, -0.25) is 9.69 Å². The highest BCUT2D eigenvalue weighted by Gasteiger charge is 2.31. The lowest BCUT2D eigenvalue weighted by atomic mass is 10.00. The van der Waals surface area contributed by atoms with E-state index in [9.17, 15) is 18.0 Å². The zero-order chi connectivity index (χ0) is 17.0. The van der Waals surface area contributed by atoms with Crippen LogP contribution in [0, 0.1) is 0 Å². The van der Waals surface area contributed by atoms with E-state index in [2.05, 4.69) is 17.1 Å². The Balaban J connectivity index is 2.05. The van der Waals surface area contributed by atoms with Crippen molar-refractivity contribution < 1.29 is 18.0 Å². The van der Waals surface area contributed by atoms with Crippen LogP contribution in [0.1, 0.15) is 38.2 Å². The monoisotopic (exact) mass is 348 g/mol. The maximum atomic E-state index is 12.7. The molecule has 1 aromatic rings. The molecule has 1 aliphatic heterocycles. The van der Waals surface area contributed by atoms with Gasteiger partial charge in [-0.15, -0.1) is 0 Å². The van der Waals surface area contributed by atoms with Crippen molar-refractivity contribution in [2.24, 2.45) is 0 Å². The summed E-state index contributed by atoms with van der Waals surface area (Å²) in [6.07, 6.45) is -0.278. The van der Waals surface area contributed by atoms with Gasteiger partial charge in [0.15, 0.2) is 0 Å². The van der Waals surface area contributed by atoms with Gasteiger partial charge in [-0.2, -0.15) is 13.2 Å². The molecule has 1 atom stereocenters. The normalized spacial score (nSPS) is 19.6. The first-order valence-electron chi connectivity index (χ1n) is 7.72. The molecule has 0 saturated carbocycles. The van der Waals surface area contributed by atoms with Gasteiger partial charge in [-0.05, 0) is 44.0 Å². The van der Waals surface area contributed by atoms with E-state index in [4.69, 9.17) is 11.6 Å². The van der Waals surface area contributed by atoms with Crippen molar-refractivity contribution in [3.8, 4) is 0 Å². The third-order valence-corrected chi connectivity index (χ3v) is 4.46. The Kier molecular flexibility index (Phi) is 5.92. The van der Waals surface area contributed by atoms with Gasteiger partial charge in [0.05, 0.1) is 22.8 Å². The van der Waals surface area contributed by atoms with Crippen molar-refractivity contribution in [3.05, 3.63) is 28.8 Å². The van der Waals surface area contributed by atoms with Crippen LogP contribution in [0.3, 0.4) is 0 Å². The quantitative estimate of drug-likeness (QED) is 0.865. The summed E-state index contributed by atoms with van der Waals surface area (Å²) in [6.45, 7) is 3.08. The summed E-state index contributed by atoms with van der Waals surface area (Å²) in [5.74, 6) is -0.341. The number of nitrogens with one attached hydrogen (secondary N) is 1. The molecule has 0 aromatic heterocycles. The Morgan fingerprint density at radius 1 is 1.39 bits per heavy atom. The Morgan fingerprint density at radius 3 is 2.78 bits per heavy atom. The maximum Gasteiger partial charge on any atom is 0.416 e. The van der Waals surface area contributed by atoms with Gasteiger partial charge < -0.3 is 5.32 Å². The molecular formula is C16H20ClF3N2O. The van der Waals surface area contributed by atoms with Crippen molar-refractivity contribution in [2.45, 2.75) is 44.8 Å². The summed E-state index contributed by atoms with van der Waals surface area (Å²) in [7, 11) is 0. The number of hydrogen-bond donors (Lipinski definition) is 1. The molecule has 0 spiro atoms. The highest BCUT2D eigenvalue weighted by atomic mass is 35.5. The lowest BCUT2D eigenvalue weighted by molar-refractivity contribution is -0.137. The second-order valence-electron chi connectivity index (χ2n) is 5.77. The van der Waals surface area contributed by atoms with Crippen LogP contribution in [0.15, 0.2) is 18.2 Å². The zero-order valence-corrected chi connectivity index (χ0v) is 13.7. The predicted molar refractivity (Wildman–Crippen MR) is 84.6 cm³/mol. The van der Waals surface area contributed by atoms with Crippen molar-refractivity contribution in [3.63, 3.8) is 0 Å². The molecule has 0 radical (unpaired) electrons. The number of rotatable bonds is 4. The van der Waals surface area contributed by atoms with E-state index >= 15 is 0 Å². The number of hydrogen-bond acceptors (Lipinski definition) is 2. The third-order valence-electron chi connectivity index (χ3n) is 4.13. The van der Waals surface area contributed by atoms with E-state index in [0.717, 1.165) is 50.4 Å². The van der Waals surface area contributed by atoms with Crippen LogP contribution in [-0.4, -0.2) is 29.9 Å². The average molecular weight is 349 g/mol. The van der Waals surface area contributed by atoms with Crippen molar-refractivity contribution in [2.75, 3.05) is 18.4 Å². The second-order valence-corrected chi connectivity index (χ2v) is 6.18. The van der Waals surface area contributed by atoms with Crippen molar-refractivity contribution >= 4 is 23.2 Å². The molecule has 0 aliphatic carbocycles. The average Bonchev–Trinajstić information content (AvgIpc) is 2.49. The number of amides is 1. The highest BCUT2D eigenvalue weighted by Crippen LogP contribution is 2.33. The molecule has 23 heavy (non-hydrogen) atoms. The van der Waals surface area contributed by atoms with E-state index in [1.807, 2.05) is 0 Å². The summed E-state index contributed by atoms with van der Waals surface area (Å²) in [6, 6.07) is 3.27. The molecule has 1 amide bonds. The van der Waals surface area contributed by atoms with Gasteiger partial charge in [-0.25, -0.2) is 0 Å². The summed E-state index contributed by atoms with van der Waals surface area (Å²) < 4.78 is 38.2. The molecule has 0 bridgehead atoms. The van der Waals surface area contributed by atoms with Crippen molar-refractivity contribution in [1.82, 2.24) is 4.90 Å². The van der Waals surface area contributed by atoms with Gasteiger partial charge in [0.2, 0.25) is 5.91 Å². The van der Waals surface area contributed by atoms with Crippen molar-refractivity contribution in [1.29, 1.82) is 0 Å². The Hall–Kier alpha value is -1.27. The van der Waals surface area contributed by atoms with Gasteiger partial charge in [-0.1, -0.05) is 24.9 Å². The van der Waals surface area contributed by atoms with Crippen LogP contribution < -0.4 is 5.32 Å². The number of likely N-dealkylation sites (tertiary alicyclic amines) is 1. The van der Waals surface area contributed by atoms with Crippen LogP contribution in [0.25, 0.3) is 0 Å². The molecule has 128 valence electrons. The number of alkyl halides is 3. The molecule has 1 aromatic carbocycles. The maximum absolute atomic E-state index is 12.7. The molecule has 3 nitrogen and oxygen atoms in total. The number of anilines is 1. The molecule has 2 rings (SSSR count). The molecule has 1 saturated heterocycles. The minimum absolute atomic E-state index is 0.00319. The number of carbonyl (C=O) groups excluding carboxylic acids is 1. The van der Waals surface area contributed by atoms with E-state index in [1.54, 1.807) is 0 Å². The molecule has 1 aliphatic rings. The summed E-state index contributed by atoms with van der Waals surface area (Å²) >= 11 is 5.89. The summed E-state index contributed by atoms with van der Waals surface area (Å²) in [4.78, 5) is 14.2. The molecule has 7 heteroatoms. The zero-order valence-electron chi connectivity index (χ0n) is 12.9.